The molecule has 0 atom stereocenters. The third kappa shape index (κ3) is 3.99. The first-order valence-corrected chi connectivity index (χ1v) is 8.52. The third-order valence-corrected chi connectivity index (χ3v) is 4.56. The Hall–Kier alpha value is -2.41. The number of halogens is 1. The number of carbonyl (C=O) groups excluding carboxylic acids is 1. The number of nitrogens with zero attached hydrogens (tertiary/aromatic N) is 4. The average Bonchev–Trinajstić information content (AvgIpc) is 2.59. The lowest BCUT2D eigenvalue weighted by Gasteiger charge is -2.35. The van der Waals surface area contributed by atoms with Crippen molar-refractivity contribution in [2.75, 3.05) is 31.1 Å². The van der Waals surface area contributed by atoms with Gasteiger partial charge in [0.05, 0.1) is 11.4 Å². The van der Waals surface area contributed by atoms with Crippen LogP contribution in [0.4, 0.5) is 5.82 Å². The molecule has 0 aliphatic carbocycles. The van der Waals surface area contributed by atoms with Gasteiger partial charge in [0.25, 0.3) is 5.56 Å². The predicted molar refractivity (Wildman–Crippen MR) is 96.1 cm³/mol. The Morgan fingerprint density at radius 3 is 2.56 bits per heavy atom. The van der Waals surface area contributed by atoms with Crippen molar-refractivity contribution in [2.45, 2.75) is 20.3 Å². The van der Waals surface area contributed by atoms with Crippen molar-refractivity contribution in [3.8, 4) is 0 Å². The fraction of sp³-hybridized carbons (Fsp3) is 0.412. The molecule has 3 heterocycles. The van der Waals surface area contributed by atoms with Crippen LogP contribution < -0.4 is 10.5 Å². The van der Waals surface area contributed by atoms with Gasteiger partial charge in [-0.25, -0.2) is 9.97 Å². The van der Waals surface area contributed by atoms with Crippen LogP contribution in [0, 0.1) is 13.8 Å². The molecule has 7 nitrogen and oxygen atoms in total. The van der Waals surface area contributed by atoms with Crippen LogP contribution in [0.15, 0.2) is 23.1 Å². The minimum atomic E-state index is -0.234. The molecule has 0 bridgehead atoms. The van der Waals surface area contributed by atoms with E-state index in [2.05, 4.69) is 19.9 Å². The summed E-state index contributed by atoms with van der Waals surface area (Å²) in [6.07, 6.45) is 1.70. The van der Waals surface area contributed by atoms with Gasteiger partial charge >= 0.3 is 0 Å². The number of aromatic nitrogens is 3. The maximum Gasteiger partial charge on any atom is 0.254 e. The van der Waals surface area contributed by atoms with Gasteiger partial charge in [0.1, 0.15) is 11.6 Å². The number of aromatic amines is 1. The van der Waals surface area contributed by atoms with Gasteiger partial charge in [-0.05, 0) is 26.0 Å². The number of H-pyrrole nitrogens is 1. The highest BCUT2D eigenvalue weighted by molar-refractivity contribution is 6.30. The number of aryl methyl sites for hydroxylation is 2. The van der Waals surface area contributed by atoms with E-state index in [0.29, 0.717) is 48.3 Å². The van der Waals surface area contributed by atoms with E-state index in [1.165, 1.54) is 0 Å². The fourth-order valence-corrected chi connectivity index (χ4v) is 3.07. The monoisotopic (exact) mass is 361 g/mol. The fourth-order valence-electron chi connectivity index (χ4n) is 2.96. The van der Waals surface area contributed by atoms with E-state index in [4.69, 9.17) is 11.6 Å². The lowest BCUT2D eigenvalue weighted by molar-refractivity contribution is -0.130. The largest absolute Gasteiger partial charge is 0.353 e. The highest BCUT2D eigenvalue weighted by Gasteiger charge is 2.23. The molecular weight excluding hydrogens is 342 g/mol. The van der Waals surface area contributed by atoms with Crippen molar-refractivity contribution in [1.82, 2.24) is 19.9 Å². The number of nitrogens with one attached hydrogen (secondary N) is 1. The minimum absolute atomic E-state index is 0.0528. The van der Waals surface area contributed by atoms with E-state index in [0.717, 1.165) is 5.82 Å². The molecule has 1 aliphatic rings. The molecule has 132 valence electrons. The summed E-state index contributed by atoms with van der Waals surface area (Å²) in [5.41, 5.74) is 0.818. The molecule has 0 saturated carbocycles. The molecule has 2 aromatic heterocycles. The van der Waals surface area contributed by atoms with E-state index in [1.807, 2.05) is 6.07 Å². The van der Waals surface area contributed by atoms with Gasteiger partial charge in [0, 0.05) is 43.6 Å². The number of hydrogen-bond donors (Lipinski definition) is 1. The zero-order valence-electron chi connectivity index (χ0n) is 14.3. The number of amides is 1. The Labute approximate surface area is 150 Å². The highest BCUT2D eigenvalue weighted by Crippen LogP contribution is 2.16. The van der Waals surface area contributed by atoms with Crippen LogP contribution in [0.5, 0.6) is 0 Å². The lowest BCUT2D eigenvalue weighted by Crippen LogP contribution is -2.49. The molecule has 2 aromatic rings. The number of carbonyl (C=O) groups is 1. The van der Waals surface area contributed by atoms with E-state index in [1.54, 1.807) is 31.0 Å². The summed E-state index contributed by atoms with van der Waals surface area (Å²) >= 11 is 5.86. The van der Waals surface area contributed by atoms with Crippen LogP contribution in [0.3, 0.4) is 0 Å². The van der Waals surface area contributed by atoms with Crippen molar-refractivity contribution in [3.63, 3.8) is 0 Å². The van der Waals surface area contributed by atoms with Gasteiger partial charge in [-0.1, -0.05) is 11.6 Å². The summed E-state index contributed by atoms with van der Waals surface area (Å²) in [5, 5.41) is 0.602. The topological polar surface area (TPSA) is 82.2 Å². The first-order chi connectivity index (χ1) is 11.9. The molecule has 1 aliphatic heterocycles. The lowest BCUT2D eigenvalue weighted by atomic mass is 10.1. The molecule has 0 spiro atoms. The van der Waals surface area contributed by atoms with Gasteiger partial charge in [-0.2, -0.15) is 0 Å². The van der Waals surface area contributed by atoms with E-state index >= 15 is 0 Å². The van der Waals surface area contributed by atoms with Crippen LogP contribution in [0.1, 0.15) is 17.1 Å². The number of piperazine rings is 1. The van der Waals surface area contributed by atoms with Crippen LogP contribution in [-0.2, 0) is 11.2 Å². The van der Waals surface area contributed by atoms with Crippen LogP contribution in [0.2, 0.25) is 5.02 Å². The van der Waals surface area contributed by atoms with Crippen LogP contribution in [0.25, 0.3) is 0 Å². The third-order valence-electron chi connectivity index (χ3n) is 4.34. The zero-order valence-corrected chi connectivity index (χ0v) is 15.0. The molecular formula is C17H20ClN5O2. The zero-order chi connectivity index (χ0) is 18.0. The molecule has 1 amide bonds. The van der Waals surface area contributed by atoms with E-state index < -0.39 is 0 Å². The Bertz CT molecular complexity index is 826. The number of anilines is 1. The standard InChI is InChI=1S/C17H20ClN5O2/c1-11-14(17(25)21-12(2)20-11)9-16(24)23-7-5-22(6-8-23)15-4-3-13(18)10-19-15/h3-4,10H,5-9H2,1-2H3,(H,20,21,25). The molecule has 0 unspecified atom stereocenters. The maximum atomic E-state index is 12.5. The normalized spacial score (nSPS) is 14.7. The smallest absolute Gasteiger partial charge is 0.254 e. The minimum Gasteiger partial charge on any atom is -0.353 e. The Kier molecular flexibility index (Phi) is 5.03. The summed E-state index contributed by atoms with van der Waals surface area (Å²) in [7, 11) is 0. The molecule has 3 rings (SSSR count). The molecule has 1 saturated heterocycles. The highest BCUT2D eigenvalue weighted by atomic mass is 35.5. The summed E-state index contributed by atoms with van der Waals surface area (Å²) in [6, 6.07) is 3.68. The van der Waals surface area contributed by atoms with Gasteiger partial charge in [0.15, 0.2) is 0 Å². The summed E-state index contributed by atoms with van der Waals surface area (Å²) < 4.78 is 0. The van der Waals surface area contributed by atoms with Gasteiger partial charge in [0.2, 0.25) is 5.91 Å². The maximum absolute atomic E-state index is 12.5. The number of hydrogen-bond acceptors (Lipinski definition) is 5. The Balaban J connectivity index is 1.62. The van der Waals surface area contributed by atoms with Crippen molar-refractivity contribution < 1.29 is 4.79 Å². The van der Waals surface area contributed by atoms with Crippen LogP contribution in [-0.4, -0.2) is 51.9 Å². The summed E-state index contributed by atoms with van der Waals surface area (Å²) in [5.74, 6) is 1.36. The van der Waals surface area contributed by atoms with Gasteiger partial charge in [-0.3, -0.25) is 9.59 Å². The average molecular weight is 362 g/mol. The van der Waals surface area contributed by atoms with Gasteiger partial charge in [-0.15, -0.1) is 0 Å². The second-order valence-electron chi connectivity index (χ2n) is 6.09. The summed E-state index contributed by atoms with van der Waals surface area (Å²) in [4.78, 5) is 39.7. The second kappa shape index (κ2) is 7.23. The Morgan fingerprint density at radius 2 is 1.96 bits per heavy atom. The first-order valence-electron chi connectivity index (χ1n) is 8.14. The SMILES string of the molecule is Cc1nc(C)c(CC(=O)N2CCN(c3ccc(Cl)cn3)CC2)c(=O)[nH]1. The molecule has 1 N–H and O–H groups in total. The Morgan fingerprint density at radius 1 is 1.24 bits per heavy atom. The molecule has 8 heteroatoms. The molecule has 0 aromatic carbocycles. The quantitative estimate of drug-likeness (QED) is 0.891. The van der Waals surface area contributed by atoms with Crippen molar-refractivity contribution in [3.05, 3.63) is 50.8 Å². The van der Waals surface area contributed by atoms with E-state index in [-0.39, 0.29) is 17.9 Å². The molecule has 1 fully saturated rings. The van der Waals surface area contributed by atoms with Crippen molar-refractivity contribution in [1.29, 1.82) is 0 Å². The second-order valence-corrected chi connectivity index (χ2v) is 6.53. The summed E-state index contributed by atoms with van der Waals surface area (Å²) in [6.45, 7) is 6.07. The number of rotatable bonds is 3. The van der Waals surface area contributed by atoms with Crippen molar-refractivity contribution in [2.24, 2.45) is 0 Å². The van der Waals surface area contributed by atoms with E-state index in [9.17, 15) is 9.59 Å². The molecule has 0 radical (unpaired) electrons. The first kappa shape index (κ1) is 17.4. The van der Waals surface area contributed by atoms with Crippen molar-refractivity contribution >= 4 is 23.3 Å². The van der Waals surface area contributed by atoms with Crippen LogP contribution >= 0.6 is 11.6 Å². The predicted octanol–water partition coefficient (Wildman–Crippen LogP) is 1.33. The number of pyridine rings is 1. The van der Waals surface area contributed by atoms with Gasteiger partial charge < -0.3 is 14.8 Å². The molecule has 25 heavy (non-hydrogen) atoms.